The summed E-state index contributed by atoms with van der Waals surface area (Å²) in [6.07, 6.45) is 3.72. The molecule has 1 aliphatic carbocycles. The van der Waals surface area contributed by atoms with Crippen molar-refractivity contribution in [1.82, 2.24) is 0 Å². The van der Waals surface area contributed by atoms with Gasteiger partial charge in [-0.25, -0.2) is 0 Å². The maximum absolute atomic E-state index is 2.43. The van der Waals surface area contributed by atoms with Crippen molar-refractivity contribution in [2.45, 2.75) is 41.0 Å². The van der Waals surface area contributed by atoms with Crippen LogP contribution in [0.3, 0.4) is 0 Å². The standard InChI is InChI=1S/C11H20/c1-8-6-9(2)11(4,5)10(3)7-8/h6,9-10H,7H2,1-5H3/t9-,10-/m1/s1. The van der Waals surface area contributed by atoms with E-state index in [4.69, 9.17) is 0 Å². The van der Waals surface area contributed by atoms with Crippen LogP contribution in [-0.2, 0) is 0 Å². The van der Waals surface area contributed by atoms with Gasteiger partial charge >= 0.3 is 0 Å². The molecule has 0 aliphatic heterocycles. The molecule has 0 fully saturated rings. The van der Waals surface area contributed by atoms with E-state index in [9.17, 15) is 0 Å². The Morgan fingerprint density at radius 1 is 1.36 bits per heavy atom. The van der Waals surface area contributed by atoms with Crippen LogP contribution in [0.15, 0.2) is 11.6 Å². The third-order valence-electron chi connectivity index (χ3n) is 3.61. The molecule has 0 bridgehead atoms. The molecule has 0 spiro atoms. The Hall–Kier alpha value is -0.260. The Labute approximate surface area is 70.7 Å². The van der Waals surface area contributed by atoms with Gasteiger partial charge in [-0.05, 0) is 30.6 Å². The lowest BCUT2D eigenvalue weighted by molar-refractivity contribution is 0.155. The van der Waals surface area contributed by atoms with E-state index in [2.05, 4.69) is 40.7 Å². The highest BCUT2D eigenvalue weighted by Gasteiger charge is 2.33. The van der Waals surface area contributed by atoms with Gasteiger partial charge in [0, 0.05) is 0 Å². The van der Waals surface area contributed by atoms with Gasteiger partial charge in [0.15, 0.2) is 0 Å². The van der Waals surface area contributed by atoms with Gasteiger partial charge in [-0.3, -0.25) is 0 Å². The SMILES string of the molecule is CC1=C[C@@H](C)C(C)(C)[C@H](C)C1. The topological polar surface area (TPSA) is 0 Å². The first-order chi connectivity index (χ1) is 4.94. The van der Waals surface area contributed by atoms with E-state index >= 15 is 0 Å². The van der Waals surface area contributed by atoms with Crippen molar-refractivity contribution in [3.63, 3.8) is 0 Å². The highest BCUT2D eigenvalue weighted by atomic mass is 14.4. The van der Waals surface area contributed by atoms with Gasteiger partial charge in [0.2, 0.25) is 0 Å². The van der Waals surface area contributed by atoms with Gasteiger partial charge in [0.25, 0.3) is 0 Å². The Balaban J connectivity index is 2.87. The molecular weight excluding hydrogens is 132 g/mol. The minimum Gasteiger partial charge on any atom is -0.0822 e. The maximum Gasteiger partial charge on any atom is -0.0205 e. The average molecular weight is 152 g/mol. The van der Waals surface area contributed by atoms with Crippen LogP contribution in [0.5, 0.6) is 0 Å². The lowest BCUT2D eigenvalue weighted by Crippen LogP contribution is -2.31. The molecule has 0 unspecified atom stereocenters. The van der Waals surface area contributed by atoms with Crippen molar-refractivity contribution in [2.75, 3.05) is 0 Å². The fourth-order valence-electron chi connectivity index (χ4n) is 1.90. The molecule has 2 atom stereocenters. The second-order valence-electron chi connectivity index (χ2n) is 4.73. The molecule has 0 saturated carbocycles. The summed E-state index contributed by atoms with van der Waals surface area (Å²) in [6.45, 7) is 11.7. The molecule has 1 rings (SSSR count). The van der Waals surface area contributed by atoms with Crippen LogP contribution >= 0.6 is 0 Å². The van der Waals surface area contributed by atoms with Gasteiger partial charge in [0.05, 0.1) is 0 Å². The highest BCUT2D eigenvalue weighted by molar-refractivity contribution is 5.10. The highest BCUT2D eigenvalue weighted by Crippen LogP contribution is 2.43. The van der Waals surface area contributed by atoms with Crippen LogP contribution in [0.2, 0.25) is 0 Å². The Bertz CT molecular complexity index is 174. The number of allylic oxidation sites excluding steroid dienone is 2. The summed E-state index contributed by atoms with van der Waals surface area (Å²) in [6, 6.07) is 0. The lowest BCUT2D eigenvalue weighted by Gasteiger charge is -2.40. The predicted molar refractivity (Wildman–Crippen MR) is 50.5 cm³/mol. The molecule has 0 nitrogen and oxygen atoms in total. The van der Waals surface area contributed by atoms with E-state index in [0.29, 0.717) is 5.41 Å². The third-order valence-corrected chi connectivity index (χ3v) is 3.61. The van der Waals surface area contributed by atoms with E-state index in [1.807, 2.05) is 0 Å². The van der Waals surface area contributed by atoms with E-state index in [0.717, 1.165) is 11.8 Å². The summed E-state index contributed by atoms with van der Waals surface area (Å²) in [5.74, 6) is 1.58. The van der Waals surface area contributed by atoms with Crippen LogP contribution in [0, 0.1) is 17.3 Å². The summed E-state index contributed by atoms with van der Waals surface area (Å²) in [5.41, 5.74) is 2.07. The van der Waals surface area contributed by atoms with Crippen molar-refractivity contribution in [1.29, 1.82) is 0 Å². The quantitative estimate of drug-likeness (QED) is 0.465. The maximum atomic E-state index is 2.43. The smallest absolute Gasteiger partial charge is 0.0205 e. The number of hydrogen-bond donors (Lipinski definition) is 0. The second kappa shape index (κ2) is 2.66. The van der Waals surface area contributed by atoms with Gasteiger partial charge in [0.1, 0.15) is 0 Å². The largest absolute Gasteiger partial charge is 0.0822 e. The molecule has 0 heteroatoms. The minimum absolute atomic E-state index is 0.500. The first-order valence-electron chi connectivity index (χ1n) is 4.62. The summed E-state index contributed by atoms with van der Waals surface area (Å²) < 4.78 is 0. The lowest BCUT2D eigenvalue weighted by atomic mass is 9.65. The zero-order valence-electron chi connectivity index (χ0n) is 8.44. The van der Waals surface area contributed by atoms with E-state index in [-0.39, 0.29) is 0 Å². The molecule has 0 amide bonds. The average Bonchev–Trinajstić information content (AvgIpc) is 1.84. The zero-order valence-corrected chi connectivity index (χ0v) is 8.44. The molecular formula is C11H20. The van der Waals surface area contributed by atoms with Gasteiger partial charge in [-0.1, -0.05) is 39.3 Å². The Morgan fingerprint density at radius 2 is 1.91 bits per heavy atom. The molecule has 1 aliphatic rings. The van der Waals surface area contributed by atoms with Crippen molar-refractivity contribution >= 4 is 0 Å². The summed E-state index contributed by atoms with van der Waals surface area (Å²) >= 11 is 0. The first-order valence-corrected chi connectivity index (χ1v) is 4.62. The molecule has 11 heavy (non-hydrogen) atoms. The second-order valence-corrected chi connectivity index (χ2v) is 4.73. The molecule has 0 aromatic heterocycles. The van der Waals surface area contributed by atoms with Crippen LogP contribution < -0.4 is 0 Å². The third kappa shape index (κ3) is 1.50. The van der Waals surface area contributed by atoms with E-state index in [1.165, 1.54) is 6.42 Å². The molecule has 0 heterocycles. The molecule has 0 saturated heterocycles. The van der Waals surface area contributed by atoms with Crippen LogP contribution in [0.1, 0.15) is 41.0 Å². The zero-order chi connectivity index (χ0) is 8.65. The molecule has 0 radical (unpaired) electrons. The summed E-state index contributed by atoms with van der Waals surface area (Å²) in [5, 5.41) is 0. The van der Waals surface area contributed by atoms with Gasteiger partial charge < -0.3 is 0 Å². The van der Waals surface area contributed by atoms with Crippen molar-refractivity contribution in [3.05, 3.63) is 11.6 Å². The predicted octanol–water partition coefficient (Wildman–Crippen LogP) is 3.63. The Morgan fingerprint density at radius 3 is 2.36 bits per heavy atom. The molecule has 0 N–H and O–H groups in total. The van der Waals surface area contributed by atoms with Crippen molar-refractivity contribution < 1.29 is 0 Å². The number of hydrogen-bond acceptors (Lipinski definition) is 0. The Kier molecular flexibility index (Phi) is 2.13. The summed E-state index contributed by atoms with van der Waals surface area (Å²) in [4.78, 5) is 0. The van der Waals surface area contributed by atoms with E-state index < -0.39 is 0 Å². The minimum atomic E-state index is 0.500. The molecule has 64 valence electrons. The van der Waals surface area contributed by atoms with Crippen LogP contribution in [-0.4, -0.2) is 0 Å². The fraction of sp³-hybridized carbons (Fsp3) is 0.818. The first kappa shape index (κ1) is 8.83. The molecule has 0 aromatic rings. The van der Waals surface area contributed by atoms with Crippen LogP contribution in [0.25, 0.3) is 0 Å². The van der Waals surface area contributed by atoms with Crippen LogP contribution in [0.4, 0.5) is 0 Å². The van der Waals surface area contributed by atoms with E-state index in [1.54, 1.807) is 5.57 Å². The monoisotopic (exact) mass is 152 g/mol. The van der Waals surface area contributed by atoms with Crippen molar-refractivity contribution in [2.24, 2.45) is 17.3 Å². The molecule has 0 aromatic carbocycles. The van der Waals surface area contributed by atoms with Gasteiger partial charge in [-0.2, -0.15) is 0 Å². The number of rotatable bonds is 0. The van der Waals surface area contributed by atoms with Crippen molar-refractivity contribution in [3.8, 4) is 0 Å². The summed E-state index contributed by atoms with van der Waals surface area (Å²) in [7, 11) is 0. The normalized spacial score (nSPS) is 36.6. The fourth-order valence-corrected chi connectivity index (χ4v) is 1.90. The van der Waals surface area contributed by atoms with Gasteiger partial charge in [-0.15, -0.1) is 0 Å².